The van der Waals surface area contributed by atoms with E-state index < -0.39 is 64.0 Å². The zero-order chi connectivity index (χ0) is 24.8. The van der Waals surface area contributed by atoms with Crippen LogP contribution < -0.4 is 0 Å². The average Bonchev–Trinajstić information content (AvgIpc) is 2.62. The number of ether oxygens (including phenoxy) is 2. The Morgan fingerprint density at radius 1 is 0.710 bits per heavy atom. The smallest absolute Gasteiger partial charge is 0.395 e. The molecule has 3 nitrogen and oxygen atoms in total. The van der Waals surface area contributed by atoms with Gasteiger partial charge in [0.1, 0.15) is 5.41 Å². The largest absolute Gasteiger partial charge is 0.421 e. The summed E-state index contributed by atoms with van der Waals surface area (Å²) in [6.45, 7) is 0.692. The maximum absolute atomic E-state index is 14.0. The predicted octanol–water partition coefficient (Wildman–Crippen LogP) is 5.66. The standard InChI is InChI=1S/C19H23F9O3/c1-10-11(14(2,9-29)17(20,21)22)7-8-12(15(3,30-5)18(23,24)25)13(10)16(4,31-6)19(26,27)28/h7-8,29H,9H2,1-6H3. The van der Waals surface area contributed by atoms with Gasteiger partial charge in [-0.25, -0.2) is 0 Å². The number of alkyl halides is 9. The summed E-state index contributed by atoms with van der Waals surface area (Å²) in [4.78, 5) is 0. The fraction of sp³-hybridized carbons (Fsp3) is 0.684. The molecule has 0 radical (unpaired) electrons. The van der Waals surface area contributed by atoms with Gasteiger partial charge in [-0.2, -0.15) is 39.5 Å². The van der Waals surface area contributed by atoms with Gasteiger partial charge >= 0.3 is 18.5 Å². The summed E-state index contributed by atoms with van der Waals surface area (Å²) >= 11 is 0. The molecule has 0 aromatic heterocycles. The number of hydrogen-bond acceptors (Lipinski definition) is 3. The molecule has 31 heavy (non-hydrogen) atoms. The monoisotopic (exact) mass is 470 g/mol. The van der Waals surface area contributed by atoms with Gasteiger partial charge < -0.3 is 14.6 Å². The van der Waals surface area contributed by atoms with Crippen LogP contribution in [0.25, 0.3) is 0 Å². The molecule has 0 spiro atoms. The van der Waals surface area contributed by atoms with E-state index in [1.807, 2.05) is 0 Å². The highest BCUT2D eigenvalue weighted by atomic mass is 19.4. The van der Waals surface area contributed by atoms with Crippen LogP contribution in [0, 0.1) is 6.92 Å². The Balaban J connectivity index is 4.27. The Bertz CT molecular complexity index is 801. The van der Waals surface area contributed by atoms with Gasteiger partial charge in [0.15, 0.2) is 11.2 Å². The van der Waals surface area contributed by atoms with Gasteiger partial charge in [-0.1, -0.05) is 12.1 Å². The molecule has 0 saturated carbocycles. The lowest BCUT2D eigenvalue weighted by Crippen LogP contribution is -2.49. The van der Waals surface area contributed by atoms with Crippen LogP contribution in [-0.2, 0) is 26.1 Å². The van der Waals surface area contributed by atoms with Gasteiger partial charge in [-0.3, -0.25) is 0 Å². The second kappa shape index (κ2) is 8.11. The summed E-state index contributed by atoms with van der Waals surface area (Å²) in [5.41, 5.74) is -13.6. The quantitative estimate of drug-likeness (QED) is 0.546. The van der Waals surface area contributed by atoms with Crippen molar-refractivity contribution in [1.29, 1.82) is 0 Å². The number of aliphatic hydroxyl groups excluding tert-OH is 1. The van der Waals surface area contributed by atoms with Crippen molar-refractivity contribution in [2.24, 2.45) is 0 Å². The molecule has 0 aliphatic rings. The van der Waals surface area contributed by atoms with Crippen molar-refractivity contribution < 1.29 is 54.1 Å². The van der Waals surface area contributed by atoms with E-state index >= 15 is 0 Å². The number of halogens is 9. The van der Waals surface area contributed by atoms with Crippen LogP contribution in [0.5, 0.6) is 0 Å². The fourth-order valence-corrected chi connectivity index (χ4v) is 3.39. The Morgan fingerprint density at radius 3 is 1.39 bits per heavy atom. The van der Waals surface area contributed by atoms with Gasteiger partial charge in [0.25, 0.3) is 0 Å². The maximum atomic E-state index is 14.0. The molecule has 0 aliphatic carbocycles. The van der Waals surface area contributed by atoms with Crippen molar-refractivity contribution >= 4 is 0 Å². The van der Waals surface area contributed by atoms with E-state index in [1.54, 1.807) is 0 Å². The van der Waals surface area contributed by atoms with Gasteiger partial charge in [0.05, 0.1) is 6.61 Å². The van der Waals surface area contributed by atoms with Crippen LogP contribution >= 0.6 is 0 Å². The van der Waals surface area contributed by atoms with Gasteiger partial charge in [-0.15, -0.1) is 0 Å². The summed E-state index contributed by atoms with van der Waals surface area (Å²) in [6, 6.07) is 1.12. The molecular formula is C19H23F9O3. The first-order valence-corrected chi connectivity index (χ1v) is 8.76. The highest BCUT2D eigenvalue weighted by Gasteiger charge is 2.61. The van der Waals surface area contributed by atoms with E-state index in [1.165, 1.54) is 0 Å². The number of hydrogen-bond donors (Lipinski definition) is 1. The van der Waals surface area contributed by atoms with Crippen molar-refractivity contribution in [1.82, 2.24) is 0 Å². The Hall–Kier alpha value is -1.53. The third-order valence-electron chi connectivity index (χ3n) is 5.89. The zero-order valence-corrected chi connectivity index (χ0v) is 17.5. The molecule has 0 heterocycles. The van der Waals surface area contributed by atoms with Crippen molar-refractivity contribution in [3.63, 3.8) is 0 Å². The van der Waals surface area contributed by atoms with Crippen molar-refractivity contribution in [3.8, 4) is 0 Å². The summed E-state index contributed by atoms with van der Waals surface area (Å²) in [7, 11) is 1.20. The molecule has 3 atom stereocenters. The third-order valence-corrected chi connectivity index (χ3v) is 5.89. The Morgan fingerprint density at radius 2 is 1.10 bits per heavy atom. The molecule has 0 fully saturated rings. The highest BCUT2D eigenvalue weighted by molar-refractivity contribution is 5.50. The van der Waals surface area contributed by atoms with E-state index in [0.717, 1.165) is 6.92 Å². The summed E-state index contributed by atoms with van der Waals surface area (Å²) in [6.07, 6.45) is -15.7. The van der Waals surface area contributed by atoms with Crippen LogP contribution in [0.2, 0.25) is 0 Å². The van der Waals surface area contributed by atoms with Crippen molar-refractivity contribution in [2.75, 3.05) is 20.8 Å². The topological polar surface area (TPSA) is 38.7 Å². The molecule has 1 N–H and O–H groups in total. The first kappa shape index (κ1) is 27.5. The molecule has 180 valence electrons. The van der Waals surface area contributed by atoms with Gasteiger partial charge in [0, 0.05) is 19.8 Å². The van der Waals surface area contributed by atoms with Crippen LogP contribution in [0.1, 0.15) is 43.0 Å². The maximum Gasteiger partial charge on any atom is 0.421 e. The molecule has 3 unspecified atom stereocenters. The predicted molar refractivity (Wildman–Crippen MR) is 92.5 cm³/mol. The number of rotatable bonds is 6. The normalized spacial score (nSPS) is 19.5. The lowest BCUT2D eigenvalue weighted by atomic mass is 9.73. The first-order chi connectivity index (χ1) is 13.7. The SMILES string of the molecule is COC(C)(c1ccc(C(C)(CO)C(F)(F)F)c(C)c1C(C)(OC)C(F)(F)F)C(F)(F)F. The van der Waals surface area contributed by atoms with Crippen molar-refractivity contribution in [2.45, 2.75) is 62.8 Å². The first-order valence-electron chi connectivity index (χ1n) is 8.76. The molecule has 12 heteroatoms. The fourth-order valence-electron chi connectivity index (χ4n) is 3.39. The second-order valence-electron chi connectivity index (χ2n) is 7.62. The van der Waals surface area contributed by atoms with Crippen LogP contribution in [0.3, 0.4) is 0 Å². The van der Waals surface area contributed by atoms with E-state index in [2.05, 4.69) is 9.47 Å². The summed E-state index contributed by atoms with van der Waals surface area (Å²) < 4.78 is 133. The molecule has 0 aliphatic heterocycles. The van der Waals surface area contributed by atoms with Crippen LogP contribution in [0.15, 0.2) is 12.1 Å². The number of methoxy groups -OCH3 is 2. The molecule has 1 aromatic carbocycles. The van der Waals surface area contributed by atoms with Crippen LogP contribution in [0.4, 0.5) is 39.5 Å². The summed E-state index contributed by atoms with van der Waals surface area (Å²) in [5, 5.41) is 9.44. The van der Waals surface area contributed by atoms with E-state index in [4.69, 9.17) is 0 Å². The van der Waals surface area contributed by atoms with Crippen molar-refractivity contribution in [3.05, 3.63) is 34.4 Å². The lowest BCUT2D eigenvalue weighted by Gasteiger charge is -2.41. The average molecular weight is 470 g/mol. The van der Waals surface area contributed by atoms with Gasteiger partial charge in [-0.05, 0) is 44.4 Å². The summed E-state index contributed by atoms with van der Waals surface area (Å²) in [5.74, 6) is 0. The minimum Gasteiger partial charge on any atom is -0.395 e. The molecule has 1 rings (SSSR count). The minimum atomic E-state index is -5.31. The second-order valence-corrected chi connectivity index (χ2v) is 7.62. The minimum absolute atomic E-state index is 0.416. The zero-order valence-electron chi connectivity index (χ0n) is 17.5. The molecule has 0 bridgehead atoms. The number of aliphatic hydroxyl groups is 1. The van der Waals surface area contributed by atoms with Gasteiger partial charge in [0.2, 0.25) is 0 Å². The lowest BCUT2D eigenvalue weighted by molar-refractivity contribution is -0.280. The molecule has 0 amide bonds. The molecule has 0 saturated heterocycles. The Labute approximate surface area is 173 Å². The van der Waals surface area contributed by atoms with E-state index in [-0.39, 0.29) is 0 Å². The van der Waals surface area contributed by atoms with Crippen LogP contribution in [-0.4, -0.2) is 44.5 Å². The number of benzene rings is 1. The highest BCUT2D eigenvalue weighted by Crippen LogP contribution is 2.53. The third kappa shape index (κ3) is 4.13. The van der Waals surface area contributed by atoms with E-state index in [9.17, 15) is 44.6 Å². The molecule has 1 aromatic rings. The Kier molecular flexibility index (Phi) is 7.19. The van der Waals surface area contributed by atoms with E-state index in [0.29, 0.717) is 47.1 Å². The molecular weight excluding hydrogens is 447 g/mol.